The van der Waals surface area contributed by atoms with E-state index in [0.717, 1.165) is 36.1 Å². The Bertz CT molecular complexity index is 1020. The number of aryl methyl sites for hydroxylation is 1. The highest BCUT2D eigenvalue weighted by Crippen LogP contribution is 2.28. The Balaban J connectivity index is 1.70. The van der Waals surface area contributed by atoms with Crippen molar-refractivity contribution in [2.75, 3.05) is 33.9 Å². The van der Waals surface area contributed by atoms with Crippen LogP contribution in [0.25, 0.3) is 0 Å². The number of amides is 3. The number of nitrogens with zero attached hydrogens (tertiary/aromatic N) is 2. The van der Waals surface area contributed by atoms with E-state index in [1.54, 1.807) is 36.5 Å². The maximum atomic E-state index is 13.5. The van der Waals surface area contributed by atoms with E-state index >= 15 is 0 Å². The molecule has 0 radical (unpaired) electrons. The van der Waals surface area contributed by atoms with E-state index in [2.05, 4.69) is 31.0 Å². The third-order valence-corrected chi connectivity index (χ3v) is 7.49. The first kappa shape index (κ1) is 27.6. The summed E-state index contributed by atoms with van der Waals surface area (Å²) >= 11 is 1.69. The van der Waals surface area contributed by atoms with Crippen LogP contribution < -0.4 is 14.8 Å². The van der Waals surface area contributed by atoms with Gasteiger partial charge in [-0.15, -0.1) is 17.9 Å². The van der Waals surface area contributed by atoms with Gasteiger partial charge >= 0.3 is 6.03 Å². The molecule has 1 aromatic heterocycles. The van der Waals surface area contributed by atoms with Gasteiger partial charge < -0.3 is 24.6 Å². The highest BCUT2D eigenvalue weighted by Gasteiger charge is 2.24. The zero-order valence-electron chi connectivity index (χ0n) is 21.8. The highest BCUT2D eigenvalue weighted by molar-refractivity contribution is 7.11. The van der Waals surface area contributed by atoms with Crippen molar-refractivity contribution >= 4 is 23.3 Å². The molecule has 2 aromatic rings. The molecule has 3 amide bonds. The van der Waals surface area contributed by atoms with E-state index in [1.165, 1.54) is 11.3 Å². The molecule has 0 bridgehead atoms. The number of rotatable bonds is 12. The molecule has 1 aliphatic rings. The lowest BCUT2D eigenvalue weighted by molar-refractivity contribution is -0.132. The first-order chi connectivity index (χ1) is 17.4. The smallest absolute Gasteiger partial charge is 0.318 e. The molecule has 1 heterocycles. The third kappa shape index (κ3) is 8.01. The molecule has 0 atom stereocenters. The van der Waals surface area contributed by atoms with Crippen LogP contribution in [0, 0.1) is 6.92 Å². The second-order valence-corrected chi connectivity index (χ2v) is 10.6. The van der Waals surface area contributed by atoms with Crippen molar-refractivity contribution in [2.45, 2.75) is 58.0 Å². The standard InChI is InChI=1S/C28H39N3O4S/c1-5-16-31(28(33)29-23-9-7-6-8-10-23)20-27(32)30(19-24-13-11-21(2)36-24)17-15-22-12-14-25(34-3)26(18-22)35-4/h5,11-14,18,23H,1,6-10,15-17,19-20H2,2-4H3,(H,29,33). The van der Waals surface area contributed by atoms with Crippen LogP contribution in [0.5, 0.6) is 11.5 Å². The number of hydrogen-bond donors (Lipinski definition) is 1. The second-order valence-electron chi connectivity index (χ2n) is 9.22. The number of methoxy groups -OCH3 is 2. The van der Waals surface area contributed by atoms with Crippen LogP contribution in [-0.2, 0) is 17.8 Å². The number of carbonyl (C=O) groups excluding carboxylic acids is 2. The number of carbonyl (C=O) groups is 2. The first-order valence-corrected chi connectivity index (χ1v) is 13.5. The molecule has 1 aromatic carbocycles. The van der Waals surface area contributed by atoms with Gasteiger partial charge in [-0.05, 0) is 56.0 Å². The number of thiophene rings is 1. The second kappa shape index (κ2) is 13.9. The monoisotopic (exact) mass is 513 g/mol. The molecule has 0 spiro atoms. The Morgan fingerprint density at radius 2 is 1.83 bits per heavy atom. The maximum Gasteiger partial charge on any atom is 0.318 e. The zero-order chi connectivity index (χ0) is 25.9. The fourth-order valence-electron chi connectivity index (χ4n) is 4.50. The van der Waals surface area contributed by atoms with Crippen molar-refractivity contribution in [1.29, 1.82) is 0 Å². The van der Waals surface area contributed by atoms with Crippen molar-refractivity contribution in [1.82, 2.24) is 15.1 Å². The van der Waals surface area contributed by atoms with E-state index in [9.17, 15) is 9.59 Å². The summed E-state index contributed by atoms with van der Waals surface area (Å²) in [7, 11) is 3.23. The number of benzene rings is 1. The summed E-state index contributed by atoms with van der Waals surface area (Å²) in [5, 5.41) is 3.13. The minimum absolute atomic E-state index is 0.0147. The number of nitrogens with one attached hydrogen (secondary N) is 1. The highest BCUT2D eigenvalue weighted by atomic mass is 32.1. The average Bonchev–Trinajstić information content (AvgIpc) is 3.30. The predicted molar refractivity (Wildman–Crippen MR) is 145 cm³/mol. The average molecular weight is 514 g/mol. The summed E-state index contributed by atoms with van der Waals surface area (Å²) in [5.74, 6) is 1.26. The zero-order valence-corrected chi connectivity index (χ0v) is 22.6. The molecule has 8 heteroatoms. The van der Waals surface area contributed by atoms with E-state index in [0.29, 0.717) is 37.6 Å². The summed E-state index contributed by atoms with van der Waals surface area (Å²) in [4.78, 5) is 32.2. The summed E-state index contributed by atoms with van der Waals surface area (Å²) < 4.78 is 10.8. The molecule has 1 saturated carbocycles. The Hall–Kier alpha value is -3.00. The van der Waals surface area contributed by atoms with Crippen LogP contribution in [-0.4, -0.2) is 61.6 Å². The SMILES string of the molecule is C=CCN(CC(=O)N(CCc1ccc(OC)c(OC)c1)Cc1ccc(C)s1)C(=O)NC1CCCCC1. The van der Waals surface area contributed by atoms with E-state index in [4.69, 9.17) is 9.47 Å². The van der Waals surface area contributed by atoms with Crippen LogP contribution in [0.15, 0.2) is 43.0 Å². The van der Waals surface area contributed by atoms with Crippen molar-refractivity contribution in [3.63, 3.8) is 0 Å². The summed E-state index contributed by atoms with van der Waals surface area (Å²) in [5.41, 5.74) is 1.05. The van der Waals surface area contributed by atoms with Crippen LogP contribution in [0.1, 0.15) is 47.4 Å². The number of ether oxygens (including phenoxy) is 2. The molecule has 36 heavy (non-hydrogen) atoms. The maximum absolute atomic E-state index is 13.5. The van der Waals surface area contributed by atoms with E-state index in [-0.39, 0.29) is 24.5 Å². The van der Waals surface area contributed by atoms with Crippen LogP contribution in [0.3, 0.4) is 0 Å². The summed E-state index contributed by atoms with van der Waals surface area (Å²) in [6.07, 6.45) is 7.81. The molecule has 196 valence electrons. The molecule has 1 N–H and O–H groups in total. The fourth-order valence-corrected chi connectivity index (χ4v) is 5.41. The van der Waals surface area contributed by atoms with Gasteiger partial charge in [0.1, 0.15) is 6.54 Å². The summed E-state index contributed by atoms with van der Waals surface area (Å²) in [6, 6.07) is 9.93. The van der Waals surface area contributed by atoms with Gasteiger partial charge in [0, 0.05) is 28.9 Å². The minimum Gasteiger partial charge on any atom is -0.493 e. The molecular formula is C28H39N3O4S. The van der Waals surface area contributed by atoms with Crippen LogP contribution in [0.2, 0.25) is 0 Å². The Morgan fingerprint density at radius 1 is 1.08 bits per heavy atom. The predicted octanol–water partition coefficient (Wildman–Crippen LogP) is 5.18. The molecule has 1 fully saturated rings. The lowest BCUT2D eigenvalue weighted by Gasteiger charge is -2.30. The van der Waals surface area contributed by atoms with Gasteiger partial charge in [-0.2, -0.15) is 0 Å². The Labute approximate surface area is 219 Å². The molecule has 7 nitrogen and oxygen atoms in total. The lowest BCUT2D eigenvalue weighted by atomic mass is 9.96. The minimum atomic E-state index is -0.193. The summed E-state index contributed by atoms with van der Waals surface area (Å²) in [6.45, 7) is 7.23. The fraction of sp³-hybridized carbons (Fsp3) is 0.500. The van der Waals surface area contributed by atoms with Gasteiger partial charge in [0.15, 0.2) is 11.5 Å². The Morgan fingerprint density at radius 3 is 2.47 bits per heavy atom. The molecule has 0 aliphatic heterocycles. The Kier molecular flexibility index (Phi) is 10.7. The quantitative estimate of drug-likeness (QED) is 0.397. The van der Waals surface area contributed by atoms with E-state index < -0.39 is 0 Å². The largest absolute Gasteiger partial charge is 0.493 e. The molecule has 0 saturated heterocycles. The van der Waals surface area contributed by atoms with Gasteiger partial charge in [0.25, 0.3) is 0 Å². The molecular weight excluding hydrogens is 474 g/mol. The van der Waals surface area contributed by atoms with E-state index in [1.807, 2.05) is 23.1 Å². The van der Waals surface area contributed by atoms with Crippen LogP contribution >= 0.6 is 11.3 Å². The normalized spacial score (nSPS) is 13.6. The molecule has 0 unspecified atom stereocenters. The van der Waals surface area contributed by atoms with Crippen molar-refractivity contribution in [2.24, 2.45) is 0 Å². The van der Waals surface area contributed by atoms with Crippen molar-refractivity contribution in [3.05, 3.63) is 58.3 Å². The van der Waals surface area contributed by atoms with Gasteiger partial charge in [0.2, 0.25) is 5.91 Å². The lowest BCUT2D eigenvalue weighted by Crippen LogP contribution is -2.49. The first-order valence-electron chi connectivity index (χ1n) is 12.6. The van der Waals surface area contributed by atoms with Gasteiger partial charge in [-0.1, -0.05) is 31.4 Å². The third-order valence-electron chi connectivity index (χ3n) is 6.51. The van der Waals surface area contributed by atoms with Gasteiger partial charge in [-0.3, -0.25) is 4.79 Å². The number of hydrogen-bond acceptors (Lipinski definition) is 5. The van der Waals surface area contributed by atoms with Gasteiger partial charge in [-0.25, -0.2) is 4.79 Å². The van der Waals surface area contributed by atoms with Gasteiger partial charge in [0.05, 0.1) is 20.8 Å². The molecule has 3 rings (SSSR count). The number of urea groups is 1. The van der Waals surface area contributed by atoms with Crippen LogP contribution in [0.4, 0.5) is 4.79 Å². The molecule has 1 aliphatic carbocycles. The van der Waals surface area contributed by atoms with Crippen molar-refractivity contribution < 1.29 is 19.1 Å². The van der Waals surface area contributed by atoms with Crippen molar-refractivity contribution in [3.8, 4) is 11.5 Å². The topological polar surface area (TPSA) is 71.1 Å².